The Hall–Kier alpha value is -14.1. The van der Waals surface area contributed by atoms with Crippen molar-refractivity contribution in [1.82, 2.24) is 48.2 Å². The van der Waals surface area contributed by atoms with Crippen LogP contribution in [0.5, 0.6) is 0 Å². The number of nitrogens with zero attached hydrogens (tertiary/aromatic N) is 10. The first kappa shape index (κ1) is 56.0. The molecule has 0 spiro atoms. The molecule has 22 aromatic rings. The molecule has 0 atom stereocenters. The Bertz CT molecular complexity index is 7170. The summed E-state index contributed by atoms with van der Waals surface area (Å²) >= 11 is 0. The van der Waals surface area contributed by atoms with E-state index in [4.69, 9.17) is 38.7 Å². The van der Waals surface area contributed by atoms with Crippen LogP contribution in [0.1, 0.15) is 0 Å². The van der Waals surface area contributed by atoms with Gasteiger partial charge in [-0.1, -0.05) is 218 Å². The fourth-order valence-corrected chi connectivity index (χ4v) is 15.8. The zero-order valence-corrected chi connectivity index (χ0v) is 54.3. The molecule has 8 heterocycles. The number of hydrogen-bond acceptors (Lipinski definition) is 8. The molecule has 0 radical (unpaired) electrons. The molecule has 12 heteroatoms. The van der Waals surface area contributed by atoms with E-state index in [1.165, 1.54) is 0 Å². The Morgan fingerprint density at radius 2 is 0.598 bits per heavy atom. The van der Waals surface area contributed by atoms with Crippen molar-refractivity contribution in [3.8, 4) is 79.9 Å². The lowest BCUT2D eigenvalue weighted by molar-refractivity contribution is 0.669. The van der Waals surface area contributed by atoms with E-state index in [2.05, 4.69) is 231 Å². The number of fused-ring (bicyclic) bond motifs is 19. The third-order valence-corrected chi connectivity index (χ3v) is 20.5. The second kappa shape index (κ2) is 21.7. The quantitative estimate of drug-likeness (QED) is 0.140. The van der Waals surface area contributed by atoms with Crippen LogP contribution in [0.4, 0.5) is 0 Å². The Morgan fingerprint density at radius 3 is 1.19 bits per heavy atom. The van der Waals surface area contributed by atoms with Crippen molar-refractivity contribution in [2.75, 3.05) is 0 Å². The van der Waals surface area contributed by atoms with Crippen LogP contribution in [-0.4, -0.2) is 48.2 Å². The van der Waals surface area contributed by atoms with Crippen LogP contribution < -0.4 is 0 Å². The van der Waals surface area contributed by atoms with Crippen molar-refractivity contribution in [3.05, 3.63) is 315 Å². The maximum atomic E-state index is 6.92. The van der Waals surface area contributed by atoms with E-state index in [0.29, 0.717) is 35.2 Å². The van der Waals surface area contributed by atoms with Crippen LogP contribution in [0.3, 0.4) is 0 Å². The predicted molar refractivity (Wildman–Crippen MR) is 412 cm³/mol. The first-order valence-corrected chi connectivity index (χ1v) is 34.2. The topological polar surface area (TPSA) is 123 Å². The smallest absolute Gasteiger partial charge is 0.238 e. The monoisotopic (exact) mass is 1300 g/mol. The molecule has 0 aliphatic carbocycles. The average Bonchev–Trinajstić information content (AvgIpc) is 1.55. The normalized spacial score (nSPS) is 12.1. The summed E-state index contributed by atoms with van der Waals surface area (Å²) < 4.78 is 22.7. The predicted octanol–water partition coefficient (Wildman–Crippen LogP) is 22.6. The Kier molecular flexibility index (Phi) is 11.9. The summed E-state index contributed by atoms with van der Waals surface area (Å²) in [5, 5.41) is 12.8. The van der Waals surface area contributed by atoms with Gasteiger partial charge in [0.25, 0.3) is 0 Å². The highest BCUT2D eigenvalue weighted by molar-refractivity contribution is 6.26. The lowest BCUT2D eigenvalue weighted by atomic mass is 10.0. The van der Waals surface area contributed by atoms with E-state index in [9.17, 15) is 0 Å². The van der Waals surface area contributed by atoms with Crippen LogP contribution in [0.15, 0.2) is 324 Å². The molecular weight excluding hydrogens is 1250 g/mol. The second-order valence-electron chi connectivity index (χ2n) is 26.2. The van der Waals surface area contributed by atoms with E-state index in [-0.39, 0.29) is 0 Å². The van der Waals surface area contributed by atoms with Crippen LogP contribution in [-0.2, 0) is 0 Å². The summed E-state index contributed by atoms with van der Waals surface area (Å²) in [7, 11) is 0. The number of rotatable bonds is 9. The highest BCUT2D eigenvalue weighted by Gasteiger charge is 2.27. The first-order valence-electron chi connectivity index (χ1n) is 34.2. The molecule has 22 rings (SSSR count). The van der Waals surface area contributed by atoms with E-state index in [1.807, 2.05) is 103 Å². The first-order chi connectivity index (χ1) is 50.5. The summed E-state index contributed by atoms with van der Waals surface area (Å²) in [4.78, 5) is 32.1. The number of aromatic nitrogens is 10. The van der Waals surface area contributed by atoms with E-state index in [1.54, 1.807) is 0 Å². The van der Waals surface area contributed by atoms with E-state index >= 15 is 0 Å². The molecule has 12 nitrogen and oxygen atoms in total. The second-order valence-corrected chi connectivity index (χ2v) is 26.2. The average molecular weight is 1310 g/mol. The summed E-state index contributed by atoms with van der Waals surface area (Å²) in [6.45, 7) is 0. The molecule has 0 amide bonds. The van der Waals surface area contributed by atoms with E-state index < -0.39 is 0 Å². The standard InChI is InChI=1S/C90H52N10O2/c1-5-22-54(23-6-1)85-91-86(55-24-7-2-8-25-55)95-90(94-85)100-78-49-69-62-33-14-18-37-74(62)98(75(69)50-70(78)65-44-45-66-63-34-15-20-39-81(63)102-84(66)83(65)100)60-42-40-53(41-43-60)57-28-21-29-58(46-57)88-92-87(56-26-9-3-10-27-56)93-89(96-88)99-77-48-68-61-32-13-17-36-73(61)97(59-30-11-4-12-31-59)76(68)51-71(77)67-47-72-64-35-16-19-38-80(64)101-82(72)52-79(67)99/h1-52H. The van der Waals surface area contributed by atoms with Gasteiger partial charge in [-0.2, -0.15) is 19.9 Å². The zero-order valence-electron chi connectivity index (χ0n) is 54.3. The molecule has 474 valence electrons. The summed E-state index contributed by atoms with van der Waals surface area (Å²) in [6.07, 6.45) is 0. The number of furan rings is 2. The molecule has 0 saturated carbocycles. The third kappa shape index (κ3) is 8.44. The van der Waals surface area contributed by atoms with Gasteiger partial charge in [-0.15, -0.1) is 0 Å². The van der Waals surface area contributed by atoms with Gasteiger partial charge in [-0.25, -0.2) is 9.97 Å². The van der Waals surface area contributed by atoms with Crippen molar-refractivity contribution in [3.63, 3.8) is 0 Å². The van der Waals surface area contributed by atoms with Gasteiger partial charge < -0.3 is 18.0 Å². The van der Waals surface area contributed by atoms with Gasteiger partial charge in [0.1, 0.15) is 22.3 Å². The lowest BCUT2D eigenvalue weighted by Gasteiger charge is -2.12. The molecule has 0 unspecified atom stereocenters. The maximum absolute atomic E-state index is 6.92. The van der Waals surface area contributed by atoms with E-state index in [0.717, 1.165) is 176 Å². The minimum absolute atomic E-state index is 0.491. The van der Waals surface area contributed by atoms with Crippen molar-refractivity contribution in [2.24, 2.45) is 0 Å². The third-order valence-electron chi connectivity index (χ3n) is 20.5. The van der Waals surface area contributed by atoms with Crippen molar-refractivity contribution in [2.45, 2.75) is 0 Å². The van der Waals surface area contributed by atoms with Gasteiger partial charge in [-0.05, 0) is 102 Å². The molecular formula is C90H52N10O2. The summed E-state index contributed by atoms with van der Waals surface area (Å²) in [5.74, 6) is 3.23. The number of para-hydroxylation sites is 5. The summed E-state index contributed by atoms with van der Waals surface area (Å²) in [5.41, 5.74) is 18.9. The molecule has 8 aromatic heterocycles. The number of benzene rings is 14. The Balaban J connectivity index is 0.705. The van der Waals surface area contributed by atoms with Gasteiger partial charge in [-0.3, -0.25) is 9.13 Å². The van der Waals surface area contributed by atoms with Crippen molar-refractivity contribution < 1.29 is 8.83 Å². The maximum Gasteiger partial charge on any atom is 0.238 e. The lowest BCUT2D eigenvalue weighted by Crippen LogP contribution is -2.06. The van der Waals surface area contributed by atoms with Crippen LogP contribution in [0, 0.1) is 0 Å². The molecule has 0 bridgehead atoms. The van der Waals surface area contributed by atoms with Gasteiger partial charge in [0.15, 0.2) is 28.9 Å². The Morgan fingerprint density at radius 1 is 0.196 bits per heavy atom. The molecule has 14 aromatic carbocycles. The molecule has 102 heavy (non-hydrogen) atoms. The van der Waals surface area contributed by atoms with Gasteiger partial charge in [0.05, 0.1) is 38.6 Å². The van der Waals surface area contributed by atoms with Crippen LogP contribution in [0.25, 0.3) is 211 Å². The Labute approximate surface area is 580 Å². The SMILES string of the molecule is c1ccc(-c2nc(-c3cccc(-c4ccc(-n5c6ccccc6c6cc7c(cc65)c5ccc6c8ccccc8oc6c5n7-c5nc(-c6ccccc6)nc(-c6ccccc6)n5)cc4)c3)nc(-n3c4cc5oc6ccccc6c5cc4c4cc5c(cc43)c3ccccc3n5-c3ccccc3)n2)cc1. The largest absolute Gasteiger partial charge is 0.456 e. The van der Waals surface area contributed by atoms with Crippen LogP contribution >= 0.6 is 0 Å². The van der Waals surface area contributed by atoms with Crippen LogP contribution in [0.2, 0.25) is 0 Å². The molecule has 0 fully saturated rings. The van der Waals surface area contributed by atoms with Gasteiger partial charge in [0, 0.05) is 104 Å². The zero-order chi connectivity index (χ0) is 66.7. The molecule has 0 saturated heterocycles. The highest BCUT2D eigenvalue weighted by Crippen LogP contribution is 2.46. The molecule has 0 aliphatic heterocycles. The summed E-state index contributed by atoms with van der Waals surface area (Å²) in [6, 6.07) is 111. The fraction of sp³-hybridized carbons (Fsp3) is 0. The molecule has 0 aliphatic rings. The minimum Gasteiger partial charge on any atom is -0.456 e. The fourth-order valence-electron chi connectivity index (χ4n) is 15.8. The number of hydrogen-bond donors (Lipinski definition) is 0. The molecule has 0 N–H and O–H groups in total. The highest BCUT2D eigenvalue weighted by atomic mass is 16.3. The minimum atomic E-state index is 0.491. The van der Waals surface area contributed by atoms with Gasteiger partial charge >= 0.3 is 0 Å². The van der Waals surface area contributed by atoms with Crippen molar-refractivity contribution >= 4 is 131 Å². The van der Waals surface area contributed by atoms with Gasteiger partial charge in [0.2, 0.25) is 11.9 Å². The van der Waals surface area contributed by atoms with Crippen molar-refractivity contribution in [1.29, 1.82) is 0 Å².